The second-order valence-corrected chi connectivity index (χ2v) is 9.05. The minimum Gasteiger partial charge on any atom is -0.342 e. The predicted molar refractivity (Wildman–Crippen MR) is 104 cm³/mol. The molecule has 1 fully saturated rings. The van der Waals surface area contributed by atoms with E-state index in [1.54, 1.807) is 12.1 Å². The number of aliphatic imine (C=N–C) groups is 1. The Morgan fingerprint density at radius 1 is 1.03 bits per heavy atom. The molecule has 0 unspecified atom stereocenters. The molecule has 0 amide bonds. The van der Waals surface area contributed by atoms with Crippen molar-refractivity contribution in [2.45, 2.75) is 50.1 Å². The Balaban J connectivity index is 0.000000438. The normalized spacial score (nSPS) is 17.7. The van der Waals surface area contributed by atoms with E-state index in [-0.39, 0.29) is 0 Å². The standard InChI is InChI=1S/C17H25N3O2S.C2HF3O/c1-14(2)15-6-8-16(9-7-15)23(21,22)20-13-10-18-17(20)19-11-4-3-5-12-19;3-2(4,5)1-6/h6-9,14H,3-5,10-13H2,1-2H3;1H. The van der Waals surface area contributed by atoms with Gasteiger partial charge >= 0.3 is 6.18 Å². The van der Waals surface area contributed by atoms with E-state index >= 15 is 0 Å². The van der Waals surface area contributed by atoms with Gasteiger partial charge in [-0.05, 0) is 42.9 Å². The molecule has 0 N–H and O–H groups in total. The number of piperidine rings is 1. The van der Waals surface area contributed by atoms with E-state index in [9.17, 15) is 21.6 Å². The number of aldehydes is 1. The third-order valence-corrected chi connectivity index (χ3v) is 6.48. The smallest absolute Gasteiger partial charge is 0.342 e. The summed E-state index contributed by atoms with van der Waals surface area (Å²) in [6.07, 6.45) is -2.27. The second-order valence-electron chi connectivity index (χ2n) is 7.19. The van der Waals surface area contributed by atoms with Gasteiger partial charge in [0.25, 0.3) is 10.0 Å². The number of alkyl halides is 3. The SMILES string of the molecule is CC(C)c1ccc(S(=O)(=O)N2CCN=C2N2CCCCC2)cc1.O=CC(F)(F)F. The Kier molecular flexibility index (Phi) is 7.67. The highest BCUT2D eigenvalue weighted by molar-refractivity contribution is 7.89. The average Bonchev–Trinajstić information content (AvgIpc) is 3.19. The van der Waals surface area contributed by atoms with Crippen LogP contribution < -0.4 is 0 Å². The molecule has 0 saturated carbocycles. The molecule has 1 aromatic rings. The zero-order chi connectivity index (χ0) is 21.7. The van der Waals surface area contributed by atoms with Gasteiger partial charge in [-0.2, -0.15) is 13.2 Å². The van der Waals surface area contributed by atoms with Gasteiger partial charge in [0.05, 0.1) is 18.0 Å². The molecule has 10 heteroatoms. The summed E-state index contributed by atoms with van der Waals surface area (Å²) in [5, 5.41) is 0. The van der Waals surface area contributed by atoms with Crippen molar-refractivity contribution >= 4 is 22.3 Å². The zero-order valence-corrected chi connectivity index (χ0v) is 17.3. The number of halogens is 3. The first-order valence-corrected chi connectivity index (χ1v) is 11.0. The Labute approximate surface area is 169 Å². The summed E-state index contributed by atoms with van der Waals surface area (Å²) >= 11 is 0. The third kappa shape index (κ3) is 6.19. The number of nitrogens with zero attached hydrogens (tertiary/aromatic N) is 3. The molecule has 0 aromatic heterocycles. The first-order valence-electron chi connectivity index (χ1n) is 9.51. The van der Waals surface area contributed by atoms with Gasteiger partial charge in [0.2, 0.25) is 12.2 Å². The van der Waals surface area contributed by atoms with Crippen molar-refractivity contribution in [3.8, 4) is 0 Å². The molecule has 162 valence electrons. The van der Waals surface area contributed by atoms with Crippen LogP contribution in [0, 0.1) is 0 Å². The van der Waals surface area contributed by atoms with Crippen LogP contribution in [-0.4, -0.2) is 62.2 Å². The zero-order valence-electron chi connectivity index (χ0n) is 16.5. The Hall–Kier alpha value is -2.10. The van der Waals surface area contributed by atoms with Crippen molar-refractivity contribution in [1.82, 2.24) is 9.21 Å². The molecule has 2 aliphatic heterocycles. The van der Waals surface area contributed by atoms with E-state index in [0.717, 1.165) is 31.5 Å². The molecule has 0 aliphatic carbocycles. The fourth-order valence-electron chi connectivity index (χ4n) is 3.15. The van der Waals surface area contributed by atoms with Crippen LogP contribution in [0.3, 0.4) is 0 Å². The van der Waals surface area contributed by atoms with Crippen molar-refractivity contribution in [3.63, 3.8) is 0 Å². The van der Waals surface area contributed by atoms with E-state index in [4.69, 9.17) is 4.79 Å². The highest BCUT2D eigenvalue weighted by Crippen LogP contribution is 2.24. The number of likely N-dealkylation sites (tertiary alicyclic amines) is 1. The van der Waals surface area contributed by atoms with Gasteiger partial charge in [-0.25, -0.2) is 12.7 Å². The van der Waals surface area contributed by atoms with Crippen molar-refractivity contribution in [2.75, 3.05) is 26.2 Å². The number of sulfonamides is 1. The summed E-state index contributed by atoms with van der Waals surface area (Å²) in [6.45, 7) is 7.00. The van der Waals surface area contributed by atoms with Crippen LogP contribution in [0.4, 0.5) is 13.2 Å². The van der Waals surface area contributed by atoms with Gasteiger partial charge in [-0.1, -0.05) is 26.0 Å². The highest BCUT2D eigenvalue weighted by Gasteiger charge is 2.34. The minimum atomic E-state index is -4.64. The number of benzene rings is 1. The molecule has 0 bridgehead atoms. The number of rotatable bonds is 3. The minimum absolute atomic E-state index is 0.355. The summed E-state index contributed by atoms with van der Waals surface area (Å²) in [5.41, 5.74) is 1.15. The molecule has 2 heterocycles. The molecule has 0 atom stereocenters. The van der Waals surface area contributed by atoms with Crippen molar-refractivity contribution in [1.29, 1.82) is 0 Å². The lowest BCUT2D eigenvalue weighted by molar-refractivity contribution is -0.156. The molecule has 1 aromatic carbocycles. The number of carbonyl (C=O) groups is 1. The van der Waals surface area contributed by atoms with Gasteiger partial charge in [0, 0.05) is 13.1 Å². The molecule has 29 heavy (non-hydrogen) atoms. The van der Waals surface area contributed by atoms with Crippen molar-refractivity contribution in [2.24, 2.45) is 4.99 Å². The molecule has 0 radical (unpaired) electrons. The van der Waals surface area contributed by atoms with Crippen LogP contribution in [0.1, 0.15) is 44.6 Å². The lowest BCUT2D eigenvalue weighted by Crippen LogP contribution is -2.46. The van der Waals surface area contributed by atoms with Gasteiger partial charge in [0.15, 0.2) is 0 Å². The van der Waals surface area contributed by atoms with Gasteiger partial charge in [-0.3, -0.25) is 9.79 Å². The lowest BCUT2D eigenvalue weighted by atomic mass is 10.0. The van der Waals surface area contributed by atoms with E-state index < -0.39 is 22.5 Å². The summed E-state index contributed by atoms with van der Waals surface area (Å²) in [6, 6.07) is 7.25. The van der Waals surface area contributed by atoms with E-state index in [2.05, 4.69) is 23.7 Å². The number of hydrogen-bond acceptors (Lipinski definition) is 5. The van der Waals surface area contributed by atoms with Crippen molar-refractivity contribution < 1.29 is 26.4 Å². The average molecular weight is 433 g/mol. The topological polar surface area (TPSA) is 70.1 Å². The highest BCUT2D eigenvalue weighted by atomic mass is 32.2. The largest absolute Gasteiger partial charge is 0.446 e. The molecule has 6 nitrogen and oxygen atoms in total. The fourth-order valence-corrected chi connectivity index (χ4v) is 4.60. The first-order chi connectivity index (χ1) is 13.6. The summed E-state index contributed by atoms with van der Waals surface area (Å²) in [5.74, 6) is 1.03. The fraction of sp³-hybridized carbons (Fsp3) is 0.579. The summed E-state index contributed by atoms with van der Waals surface area (Å²) < 4.78 is 58.7. The molecular formula is C19H26F3N3O3S. The Bertz CT molecular complexity index is 815. The Morgan fingerprint density at radius 3 is 2.07 bits per heavy atom. The number of hydrogen-bond donors (Lipinski definition) is 0. The quantitative estimate of drug-likeness (QED) is 0.685. The van der Waals surface area contributed by atoms with Gasteiger partial charge < -0.3 is 4.90 Å². The lowest BCUT2D eigenvalue weighted by Gasteiger charge is -2.32. The van der Waals surface area contributed by atoms with Gasteiger partial charge in [0.1, 0.15) is 0 Å². The predicted octanol–water partition coefficient (Wildman–Crippen LogP) is 3.40. The monoisotopic (exact) mass is 433 g/mol. The van der Waals surface area contributed by atoms with E-state index in [0.29, 0.717) is 29.9 Å². The second kappa shape index (κ2) is 9.60. The maximum absolute atomic E-state index is 13.0. The van der Waals surface area contributed by atoms with Crippen LogP contribution in [0.5, 0.6) is 0 Å². The maximum atomic E-state index is 13.0. The number of guanidine groups is 1. The van der Waals surface area contributed by atoms with Crippen LogP contribution in [0.2, 0.25) is 0 Å². The maximum Gasteiger partial charge on any atom is 0.446 e. The number of carbonyl (C=O) groups excluding carboxylic acids is 1. The van der Waals surface area contributed by atoms with Crippen LogP contribution >= 0.6 is 0 Å². The Morgan fingerprint density at radius 2 is 1.59 bits per heavy atom. The summed E-state index contributed by atoms with van der Waals surface area (Å²) in [4.78, 5) is 15.6. The first kappa shape index (κ1) is 23.2. The summed E-state index contributed by atoms with van der Waals surface area (Å²) in [7, 11) is -3.52. The van der Waals surface area contributed by atoms with Crippen molar-refractivity contribution in [3.05, 3.63) is 29.8 Å². The van der Waals surface area contributed by atoms with Crippen LogP contribution in [0.25, 0.3) is 0 Å². The molecule has 3 rings (SSSR count). The molecule has 1 saturated heterocycles. The van der Waals surface area contributed by atoms with E-state index in [1.807, 2.05) is 12.1 Å². The third-order valence-electron chi connectivity index (χ3n) is 4.69. The van der Waals surface area contributed by atoms with Crippen LogP contribution in [-0.2, 0) is 14.8 Å². The molecule has 0 spiro atoms. The van der Waals surface area contributed by atoms with E-state index in [1.165, 1.54) is 10.7 Å². The molecule has 2 aliphatic rings. The van der Waals surface area contributed by atoms with Crippen LogP contribution in [0.15, 0.2) is 34.2 Å². The molecular weight excluding hydrogens is 407 g/mol. The van der Waals surface area contributed by atoms with Gasteiger partial charge in [-0.15, -0.1) is 0 Å².